The van der Waals surface area contributed by atoms with Crippen molar-refractivity contribution in [2.24, 2.45) is 16.3 Å². The maximum absolute atomic E-state index is 4.84. The van der Waals surface area contributed by atoms with Gasteiger partial charge in [0.2, 0.25) is 0 Å². The summed E-state index contributed by atoms with van der Waals surface area (Å²) in [6.07, 6.45) is 5.55. The topological polar surface area (TPSA) is 27.6 Å². The molecule has 110 valence electrons. The van der Waals surface area contributed by atoms with Crippen LogP contribution in [0.15, 0.2) is 4.99 Å². The summed E-state index contributed by atoms with van der Waals surface area (Å²) in [5.41, 5.74) is 0.252. The maximum Gasteiger partial charge on any atom is 0.156 e. The predicted molar refractivity (Wildman–Crippen MR) is 86.0 cm³/mol. The number of amidine groups is 1. The number of thioether (sulfide) groups is 1. The highest BCUT2D eigenvalue weighted by Gasteiger charge is 2.30. The molecular weight excluding hydrogens is 254 g/mol. The molecule has 2 rings (SSSR count). The van der Waals surface area contributed by atoms with E-state index in [0.29, 0.717) is 6.04 Å². The van der Waals surface area contributed by atoms with Crippen molar-refractivity contribution in [3.8, 4) is 0 Å². The van der Waals surface area contributed by atoms with Gasteiger partial charge in [0.1, 0.15) is 0 Å². The molecule has 1 saturated heterocycles. The van der Waals surface area contributed by atoms with Crippen LogP contribution in [0, 0.1) is 11.3 Å². The van der Waals surface area contributed by atoms with Crippen molar-refractivity contribution in [3.63, 3.8) is 0 Å². The van der Waals surface area contributed by atoms with E-state index in [4.69, 9.17) is 4.99 Å². The molecule has 0 radical (unpaired) electrons. The van der Waals surface area contributed by atoms with Gasteiger partial charge in [0, 0.05) is 24.9 Å². The fourth-order valence-corrected chi connectivity index (χ4v) is 4.43. The van der Waals surface area contributed by atoms with Crippen molar-refractivity contribution in [2.45, 2.75) is 45.6 Å². The Kier molecular flexibility index (Phi) is 5.18. The Bertz CT molecular complexity index is 325. The van der Waals surface area contributed by atoms with Crippen molar-refractivity contribution in [1.29, 1.82) is 0 Å². The van der Waals surface area contributed by atoms with Gasteiger partial charge in [-0.3, -0.25) is 4.99 Å². The predicted octanol–water partition coefficient (Wildman–Crippen LogP) is 2.83. The quantitative estimate of drug-likeness (QED) is 0.860. The lowest BCUT2D eigenvalue weighted by atomic mass is 9.86. The van der Waals surface area contributed by atoms with Crippen LogP contribution in [-0.2, 0) is 0 Å². The van der Waals surface area contributed by atoms with Crippen LogP contribution in [-0.4, -0.2) is 49.0 Å². The molecule has 1 N–H and O–H groups in total. The first-order chi connectivity index (χ1) is 8.96. The maximum atomic E-state index is 4.84. The first kappa shape index (κ1) is 15.2. The van der Waals surface area contributed by atoms with Crippen molar-refractivity contribution < 1.29 is 0 Å². The van der Waals surface area contributed by atoms with Gasteiger partial charge >= 0.3 is 0 Å². The molecule has 19 heavy (non-hydrogen) atoms. The minimum absolute atomic E-state index is 0.252. The van der Waals surface area contributed by atoms with Crippen LogP contribution in [0.5, 0.6) is 0 Å². The van der Waals surface area contributed by atoms with Crippen molar-refractivity contribution >= 4 is 16.9 Å². The lowest BCUT2D eigenvalue weighted by molar-refractivity contribution is 0.248. The van der Waals surface area contributed by atoms with E-state index < -0.39 is 0 Å². The molecule has 0 bridgehead atoms. The van der Waals surface area contributed by atoms with Crippen LogP contribution in [0.1, 0.15) is 39.5 Å². The Morgan fingerprint density at radius 3 is 2.79 bits per heavy atom. The second kappa shape index (κ2) is 6.49. The summed E-state index contributed by atoms with van der Waals surface area (Å²) in [6, 6.07) is 0.700. The van der Waals surface area contributed by atoms with E-state index in [1.807, 2.05) is 11.8 Å². The smallest absolute Gasteiger partial charge is 0.156 e. The molecule has 0 amide bonds. The van der Waals surface area contributed by atoms with Crippen molar-refractivity contribution in [1.82, 2.24) is 10.2 Å². The number of aliphatic imine (C=N–C) groups is 1. The van der Waals surface area contributed by atoms with E-state index in [-0.39, 0.29) is 5.41 Å². The van der Waals surface area contributed by atoms with Gasteiger partial charge in [-0.15, -0.1) is 0 Å². The van der Waals surface area contributed by atoms with E-state index in [9.17, 15) is 0 Å². The Balaban J connectivity index is 1.86. The lowest BCUT2D eigenvalue weighted by Gasteiger charge is -2.37. The molecule has 2 fully saturated rings. The average molecular weight is 283 g/mol. The number of rotatable bonds is 4. The highest BCUT2D eigenvalue weighted by Crippen LogP contribution is 2.31. The monoisotopic (exact) mass is 283 g/mol. The highest BCUT2D eigenvalue weighted by atomic mass is 32.2. The van der Waals surface area contributed by atoms with Crippen molar-refractivity contribution in [2.75, 3.05) is 32.9 Å². The molecule has 1 aliphatic heterocycles. The standard InChI is InChI=1S/C15H29N3S/c1-15(2,11-18(3)4)10-16-14-17-13-8-6-5-7-12(13)9-19-14/h12-13H,5-11H2,1-4H3,(H,16,17). The molecule has 2 atom stereocenters. The van der Waals surface area contributed by atoms with Gasteiger partial charge in [-0.05, 0) is 38.3 Å². The number of nitrogens with one attached hydrogen (secondary N) is 1. The van der Waals surface area contributed by atoms with E-state index >= 15 is 0 Å². The third-order valence-corrected chi connectivity index (χ3v) is 5.16. The Morgan fingerprint density at radius 1 is 1.32 bits per heavy atom. The fraction of sp³-hybridized carbons (Fsp3) is 0.933. The van der Waals surface area contributed by atoms with Gasteiger partial charge in [-0.25, -0.2) is 0 Å². The fourth-order valence-electron chi connectivity index (χ4n) is 3.27. The first-order valence-corrected chi connectivity index (χ1v) is 8.53. The van der Waals surface area contributed by atoms with Crippen LogP contribution in [0.25, 0.3) is 0 Å². The molecular formula is C15H29N3S. The number of hydrogen-bond donors (Lipinski definition) is 1. The summed E-state index contributed by atoms with van der Waals surface area (Å²) in [4.78, 5) is 7.09. The third kappa shape index (κ3) is 4.67. The van der Waals surface area contributed by atoms with Crippen LogP contribution in [0.4, 0.5) is 0 Å². The van der Waals surface area contributed by atoms with Crippen LogP contribution >= 0.6 is 11.8 Å². The molecule has 3 nitrogen and oxygen atoms in total. The van der Waals surface area contributed by atoms with Gasteiger partial charge in [-0.1, -0.05) is 38.5 Å². The molecule has 0 aromatic carbocycles. The molecule has 0 aromatic heterocycles. The van der Waals surface area contributed by atoms with E-state index in [2.05, 4.69) is 38.2 Å². The van der Waals surface area contributed by atoms with Crippen LogP contribution in [0.3, 0.4) is 0 Å². The molecule has 2 unspecified atom stereocenters. The zero-order valence-corrected chi connectivity index (χ0v) is 13.7. The Labute approximate surface area is 122 Å². The summed E-state index contributed by atoms with van der Waals surface area (Å²) in [5, 5.41) is 4.87. The van der Waals surface area contributed by atoms with Crippen molar-refractivity contribution in [3.05, 3.63) is 0 Å². The number of hydrogen-bond acceptors (Lipinski definition) is 3. The van der Waals surface area contributed by atoms with Crippen LogP contribution in [0.2, 0.25) is 0 Å². The van der Waals surface area contributed by atoms with Gasteiger partial charge in [0.15, 0.2) is 5.17 Å². The third-order valence-electron chi connectivity index (χ3n) is 4.05. The van der Waals surface area contributed by atoms with Gasteiger partial charge in [0.05, 0.1) is 0 Å². The zero-order chi connectivity index (χ0) is 13.9. The summed E-state index contributed by atoms with van der Waals surface area (Å²) < 4.78 is 0. The summed E-state index contributed by atoms with van der Waals surface area (Å²) in [5.74, 6) is 2.15. The lowest BCUT2D eigenvalue weighted by Crippen LogP contribution is -2.46. The average Bonchev–Trinajstić information content (AvgIpc) is 2.35. The molecule has 2 aliphatic rings. The minimum atomic E-state index is 0.252. The van der Waals surface area contributed by atoms with E-state index in [0.717, 1.165) is 19.0 Å². The summed E-state index contributed by atoms with van der Waals surface area (Å²) in [6.45, 7) is 6.60. The second-order valence-electron chi connectivity index (χ2n) is 7.13. The Hall–Kier alpha value is -0.220. The molecule has 1 aliphatic carbocycles. The zero-order valence-electron chi connectivity index (χ0n) is 12.9. The molecule has 0 spiro atoms. The summed E-state index contributed by atoms with van der Waals surface area (Å²) >= 11 is 1.93. The molecule has 1 heterocycles. The van der Waals surface area contributed by atoms with Crippen LogP contribution < -0.4 is 5.32 Å². The van der Waals surface area contributed by atoms with Gasteiger partial charge in [0.25, 0.3) is 0 Å². The minimum Gasteiger partial charge on any atom is -0.362 e. The SMILES string of the molecule is CN(C)CC(C)(C)CN=C1NC2CCCCC2CS1. The number of fused-ring (bicyclic) bond motifs is 1. The second-order valence-corrected chi connectivity index (χ2v) is 8.14. The van der Waals surface area contributed by atoms with E-state index in [1.54, 1.807) is 0 Å². The Morgan fingerprint density at radius 2 is 2.05 bits per heavy atom. The number of nitrogens with zero attached hydrogens (tertiary/aromatic N) is 2. The molecule has 1 saturated carbocycles. The largest absolute Gasteiger partial charge is 0.362 e. The van der Waals surface area contributed by atoms with Gasteiger partial charge < -0.3 is 10.2 Å². The molecule has 0 aromatic rings. The summed E-state index contributed by atoms with van der Waals surface area (Å²) in [7, 11) is 4.27. The van der Waals surface area contributed by atoms with Gasteiger partial charge in [-0.2, -0.15) is 0 Å². The first-order valence-electron chi connectivity index (χ1n) is 7.55. The van der Waals surface area contributed by atoms with E-state index in [1.165, 1.54) is 36.6 Å². The highest BCUT2D eigenvalue weighted by molar-refractivity contribution is 8.13. The normalized spacial score (nSPS) is 30.3. The molecule has 4 heteroatoms.